The maximum atomic E-state index is 10.8. The van der Waals surface area contributed by atoms with Crippen molar-refractivity contribution in [1.29, 1.82) is 0 Å². The normalized spacial score (nSPS) is 12.5. The Balaban J connectivity index is 4.16. The molecule has 13 heavy (non-hydrogen) atoms. The molecule has 0 radical (unpaired) electrons. The maximum Gasteiger partial charge on any atom is 0.508 e. The third-order valence-corrected chi connectivity index (χ3v) is 1.54. The fourth-order valence-electron chi connectivity index (χ4n) is 1.35. The van der Waals surface area contributed by atoms with Crippen molar-refractivity contribution in [2.24, 2.45) is 0 Å². The van der Waals surface area contributed by atoms with Crippen LogP contribution in [0.25, 0.3) is 0 Å². The van der Waals surface area contributed by atoms with Gasteiger partial charge in [-0.2, -0.15) is 12.6 Å². The molecule has 0 heterocycles. The summed E-state index contributed by atoms with van der Waals surface area (Å²) in [4.78, 5) is 10.8. The Bertz CT molecular complexity index is 182. The fourth-order valence-corrected chi connectivity index (χ4v) is 1.73. The average Bonchev–Trinajstić information content (AvgIpc) is 1.80. The van der Waals surface area contributed by atoms with E-state index < -0.39 is 11.8 Å². The Labute approximate surface area is 85.2 Å². The van der Waals surface area contributed by atoms with Gasteiger partial charge in [-0.25, -0.2) is 4.79 Å². The molecule has 0 atom stereocenters. The van der Waals surface area contributed by atoms with E-state index in [9.17, 15) is 4.79 Å². The van der Waals surface area contributed by atoms with Gasteiger partial charge in [-0.15, -0.1) is 0 Å². The summed E-state index contributed by atoms with van der Waals surface area (Å²) in [5.74, 6) is 0. The minimum atomic E-state index is -0.650. The molecule has 0 unspecified atom stereocenters. The first kappa shape index (κ1) is 12.6. The van der Waals surface area contributed by atoms with Gasteiger partial charge in [0.25, 0.3) is 0 Å². The standard InChI is InChI=1S/C9H18O3S/c1-8(2,6-9(3,4)13)12-7(10)11-5/h13H,6H2,1-5H3. The predicted molar refractivity (Wildman–Crippen MR) is 55.3 cm³/mol. The summed E-state index contributed by atoms with van der Waals surface area (Å²) in [5, 5.41) is 0. The lowest BCUT2D eigenvalue weighted by molar-refractivity contribution is -0.0145. The second kappa shape index (κ2) is 4.22. The van der Waals surface area contributed by atoms with E-state index in [0.29, 0.717) is 6.42 Å². The summed E-state index contributed by atoms with van der Waals surface area (Å²) < 4.78 is 9.30. The summed E-state index contributed by atoms with van der Waals surface area (Å²) >= 11 is 4.37. The van der Waals surface area contributed by atoms with Crippen molar-refractivity contribution >= 4 is 18.8 Å². The minimum absolute atomic E-state index is 0.169. The Kier molecular flexibility index (Phi) is 4.10. The summed E-state index contributed by atoms with van der Waals surface area (Å²) in [7, 11) is 1.30. The Hall–Kier alpha value is -0.380. The number of rotatable bonds is 3. The van der Waals surface area contributed by atoms with E-state index in [1.807, 2.05) is 27.7 Å². The molecule has 0 fully saturated rings. The third-order valence-electron chi connectivity index (χ3n) is 1.38. The van der Waals surface area contributed by atoms with Gasteiger partial charge in [0, 0.05) is 11.2 Å². The van der Waals surface area contributed by atoms with Crippen LogP contribution in [0.15, 0.2) is 0 Å². The lowest BCUT2D eigenvalue weighted by atomic mass is 9.95. The van der Waals surface area contributed by atoms with Gasteiger partial charge in [0.1, 0.15) is 5.60 Å². The Morgan fingerprint density at radius 1 is 1.31 bits per heavy atom. The summed E-state index contributed by atoms with van der Waals surface area (Å²) in [5.41, 5.74) is -0.543. The lowest BCUT2D eigenvalue weighted by Crippen LogP contribution is -2.34. The first-order valence-electron chi connectivity index (χ1n) is 4.16. The number of carbonyl (C=O) groups is 1. The van der Waals surface area contributed by atoms with Crippen molar-refractivity contribution in [2.45, 2.75) is 44.5 Å². The molecule has 0 aliphatic rings. The molecule has 0 aliphatic heterocycles. The smallest absolute Gasteiger partial charge is 0.438 e. The molecule has 0 aromatic carbocycles. The van der Waals surface area contributed by atoms with Gasteiger partial charge in [0.05, 0.1) is 7.11 Å². The van der Waals surface area contributed by atoms with Crippen molar-refractivity contribution in [3.63, 3.8) is 0 Å². The van der Waals surface area contributed by atoms with Crippen LogP contribution in [-0.2, 0) is 9.47 Å². The van der Waals surface area contributed by atoms with E-state index in [4.69, 9.17) is 4.74 Å². The van der Waals surface area contributed by atoms with E-state index in [0.717, 1.165) is 0 Å². The second-order valence-electron chi connectivity index (χ2n) is 4.31. The van der Waals surface area contributed by atoms with Gasteiger partial charge in [-0.05, 0) is 13.8 Å². The number of hydrogen-bond donors (Lipinski definition) is 1. The molecule has 0 bridgehead atoms. The lowest BCUT2D eigenvalue weighted by Gasteiger charge is -2.30. The molecule has 4 heteroatoms. The molecular formula is C9H18O3S. The topological polar surface area (TPSA) is 35.5 Å². The quantitative estimate of drug-likeness (QED) is 0.569. The van der Waals surface area contributed by atoms with Crippen molar-refractivity contribution in [3.05, 3.63) is 0 Å². The monoisotopic (exact) mass is 206 g/mol. The number of carbonyl (C=O) groups excluding carboxylic acids is 1. The zero-order valence-electron chi connectivity index (χ0n) is 8.88. The number of ether oxygens (including phenoxy) is 2. The van der Waals surface area contributed by atoms with E-state index >= 15 is 0 Å². The first-order valence-corrected chi connectivity index (χ1v) is 4.60. The van der Waals surface area contributed by atoms with Crippen molar-refractivity contribution in [2.75, 3.05) is 7.11 Å². The number of hydrogen-bond acceptors (Lipinski definition) is 4. The van der Waals surface area contributed by atoms with Crippen LogP contribution in [-0.4, -0.2) is 23.6 Å². The summed E-state index contributed by atoms with van der Waals surface area (Å²) in [6, 6.07) is 0. The largest absolute Gasteiger partial charge is 0.508 e. The van der Waals surface area contributed by atoms with Gasteiger partial charge in [-0.3, -0.25) is 0 Å². The van der Waals surface area contributed by atoms with Gasteiger partial charge in [0.2, 0.25) is 0 Å². The number of methoxy groups -OCH3 is 1. The van der Waals surface area contributed by atoms with E-state index in [-0.39, 0.29) is 4.75 Å². The average molecular weight is 206 g/mol. The highest BCUT2D eigenvalue weighted by atomic mass is 32.1. The molecule has 0 saturated heterocycles. The zero-order chi connectivity index (χ0) is 10.7. The van der Waals surface area contributed by atoms with E-state index in [1.54, 1.807) is 0 Å². The van der Waals surface area contributed by atoms with Crippen LogP contribution in [0.1, 0.15) is 34.1 Å². The van der Waals surface area contributed by atoms with Crippen LogP contribution in [0.4, 0.5) is 4.79 Å². The first-order chi connectivity index (χ1) is 5.66. The summed E-state index contributed by atoms with van der Waals surface area (Å²) in [6.07, 6.45) is 0.0145. The minimum Gasteiger partial charge on any atom is -0.438 e. The van der Waals surface area contributed by atoms with Crippen LogP contribution >= 0.6 is 12.6 Å². The van der Waals surface area contributed by atoms with Gasteiger partial charge in [-0.1, -0.05) is 13.8 Å². The van der Waals surface area contributed by atoms with Crippen LogP contribution in [0.5, 0.6) is 0 Å². The number of thiol groups is 1. The molecule has 0 saturated carbocycles. The highest BCUT2D eigenvalue weighted by molar-refractivity contribution is 7.81. The molecule has 3 nitrogen and oxygen atoms in total. The molecule has 78 valence electrons. The second-order valence-corrected chi connectivity index (χ2v) is 5.52. The molecule has 0 aliphatic carbocycles. The highest BCUT2D eigenvalue weighted by Gasteiger charge is 2.29. The van der Waals surface area contributed by atoms with Crippen LogP contribution < -0.4 is 0 Å². The fraction of sp³-hybridized carbons (Fsp3) is 0.889. The van der Waals surface area contributed by atoms with Crippen molar-refractivity contribution in [1.82, 2.24) is 0 Å². The van der Waals surface area contributed by atoms with Gasteiger partial charge in [0.15, 0.2) is 0 Å². The third kappa shape index (κ3) is 6.75. The molecule has 0 aromatic heterocycles. The predicted octanol–water partition coefficient (Wildman–Crippen LogP) is 2.65. The van der Waals surface area contributed by atoms with Crippen molar-refractivity contribution < 1.29 is 14.3 Å². The highest BCUT2D eigenvalue weighted by Crippen LogP contribution is 2.28. The van der Waals surface area contributed by atoms with E-state index in [2.05, 4.69) is 17.4 Å². The van der Waals surface area contributed by atoms with Crippen LogP contribution in [0.3, 0.4) is 0 Å². The molecule has 0 N–H and O–H groups in total. The molecule has 0 aromatic rings. The van der Waals surface area contributed by atoms with E-state index in [1.165, 1.54) is 7.11 Å². The Morgan fingerprint density at radius 3 is 2.08 bits per heavy atom. The van der Waals surface area contributed by atoms with Gasteiger partial charge < -0.3 is 9.47 Å². The van der Waals surface area contributed by atoms with Gasteiger partial charge >= 0.3 is 6.16 Å². The SMILES string of the molecule is COC(=O)OC(C)(C)CC(C)(C)S. The zero-order valence-corrected chi connectivity index (χ0v) is 9.77. The molecule has 0 amide bonds. The summed E-state index contributed by atoms with van der Waals surface area (Å²) in [6.45, 7) is 7.61. The van der Waals surface area contributed by atoms with Crippen LogP contribution in [0.2, 0.25) is 0 Å². The molecular weight excluding hydrogens is 188 g/mol. The Morgan fingerprint density at radius 2 is 1.77 bits per heavy atom. The maximum absolute atomic E-state index is 10.8. The van der Waals surface area contributed by atoms with Crippen molar-refractivity contribution in [3.8, 4) is 0 Å². The van der Waals surface area contributed by atoms with Crippen LogP contribution in [0, 0.1) is 0 Å². The molecule has 0 rings (SSSR count). The molecule has 0 spiro atoms.